The zero-order chi connectivity index (χ0) is 14.3. The van der Waals surface area contributed by atoms with E-state index in [2.05, 4.69) is 39.8 Å². The summed E-state index contributed by atoms with van der Waals surface area (Å²) in [6, 6.07) is 8.37. The van der Waals surface area contributed by atoms with Gasteiger partial charge in [0.1, 0.15) is 12.4 Å². The first-order valence-electron chi connectivity index (χ1n) is 7.42. The maximum Gasteiger partial charge on any atom is 0.119 e. The lowest BCUT2D eigenvalue weighted by Gasteiger charge is -2.25. The van der Waals surface area contributed by atoms with Gasteiger partial charge in [-0.2, -0.15) is 0 Å². The first-order chi connectivity index (χ1) is 9.08. The molecule has 0 radical (unpaired) electrons. The van der Waals surface area contributed by atoms with Crippen molar-refractivity contribution in [3.05, 3.63) is 29.8 Å². The minimum atomic E-state index is 0.0601. The predicted molar refractivity (Wildman–Crippen MR) is 80.7 cm³/mol. The summed E-state index contributed by atoms with van der Waals surface area (Å²) in [5.41, 5.74) is 1.40. The maximum atomic E-state index is 8.75. The Morgan fingerprint density at radius 2 is 1.74 bits per heavy atom. The highest BCUT2D eigenvalue weighted by molar-refractivity contribution is 5.29. The number of ether oxygens (including phenoxy) is 1. The maximum absolute atomic E-state index is 8.75. The number of aliphatic hydroxyl groups excluding tert-OH is 1. The van der Waals surface area contributed by atoms with Gasteiger partial charge in [0, 0.05) is 0 Å². The molecule has 1 N–H and O–H groups in total. The predicted octanol–water partition coefficient (Wildman–Crippen LogP) is 4.23. The summed E-state index contributed by atoms with van der Waals surface area (Å²) in [6.45, 7) is 9.59. The van der Waals surface area contributed by atoms with Crippen molar-refractivity contribution < 1.29 is 9.84 Å². The van der Waals surface area contributed by atoms with E-state index in [1.54, 1.807) is 0 Å². The van der Waals surface area contributed by atoms with Crippen LogP contribution in [0.4, 0.5) is 0 Å². The van der Waals surface area contributed by atoms with Crippen LogP contribution < -0.4 is 4.74 Å². The summed E-state index contributed by atoms with van der Waals surface area (Å²) < 4.78 is 5.41. The molecule has 2 nitrogen and oxygen atoms in total. The Bertz CT molecular complexity index is 343. The van der Waals surface area contributed by atoms with E-state index < -0.39 is 0 Å². The Morgan fingerprint density at radius 3 is 2.21 bits per heavy atom. The molecule has 108 valence electrons. The van der Waals surface area contributed by atoms with Crippen LogP contribution in [0.1, 0.15) is 52.0 Å². The minimum absolute atomic E-state index is 0.0601. The molecule has 1 rings (SSSR count). The summed E-state index contributed by atoms with van der Waals surface area (Å²) in [4.78, 5) is 0. The standard InChI is InChI=1S/C17H28O2/c1-5-14(4)17(12-13(2)3)15-6-8-16(9-7-15)19-11-10-18/h6-9,13-14,17-18H,5,10-12H2,1-4H3. The van der Waals surface area contributed by atoms with Crippen LogP contribution in [-0.2, 0) is 0 Å². The third-order valence-corrected chi connectivity index (χ3v) is 3.72. The van der Waals surface area contributed by atoms with Crippen molar-refractivity contribution >= 4 is 0 Å². The molecule has 1 aromatic carbocycles. The lowest BCUT2D eigenvalue weighted by molar-refractivity contribution is 0.201. The third kappa shape index (κ3) is 5.23. The van der Waals surface area contributed by atoms with Crippen LogP contribution in [0.5, 0.6) is 5.75 Å². The second kappa shape index (κ2) is 8.21. The van der Waals surface area contributed by atoms with Gasteiger partial charge in [0.15, 0.2) is 0 Å². The fraction of sp³-hybridized carbons (Fsp3) is 0.647. The van der Waals surface area contributed by atoms with Gasteiger partial charge in [-0.25, -0.2) is 0 Å². The third-order valence-electron chi connectivity index (χ3n) is 3.72. The van der Waals surface area contributed by atoms with Gasteiger partial charge < -0.3 is 9.84 Å². The van der Waals surface area contributed by atoms with Crippen molar-refractivity contribution in [1.82, 2.24) is 0 Å². The number of hydrogen-bond donors (Lipinski definition) is 1. The first kappa shape index (κ1) is 16.0. The summed E-state index contributed by atoms with van der Waals surface area (Å²) in [6.07, 6.45) is 2.44. The van der Waals surface area contributed by atoms with E-state index in [1.165, 1.54) is 18.4 Å². The Hall–Kier alpha value is -1.02. The highest BCUT2D eigenvalue weighted by atomic mass is 16.5. The fourth-order valence-electron chi connectivity index (χ4n) is 2.46. The molecule has 0 heterocycles. The Balaban J connectivity index is 2.78. The van der Waals surface area contributed by atoms with E-state index in [4.69, 9.17) is 9.84 Å². The highest BCUT2D eigenvalue weighted by Gasteiger charge is 2.19. The van der Waals surface area contributed by atoms with Crippen LogP contribution in [-0.4, -0.2) is 18.3 Å². The van der Waals surface area contributed by atoms with E-state index >= 15 is 0 Å². The lowest BCUT2D eigenvalue weighted by Crippen LogP contribution is -2.12. The van der Waals surface area contributed by atoms with Gasteiger partial charge in [-0.3, -0.25) is 0 Å². The largest absolute Gasteiger partial charge is 0.491 e. The fourth-order valence-corrected chi connectivity index (χ4v) is 2.46. The molecule has 0 amide bonds. The molecule has 2 unspecified atom stereocenters. The van der Waals surface area contributed by atoms with Crippen molar-refractivity contribution in [2.24, 2.45) is 11.8 Å². The van der Waals surface area contributed by atoms with Gasteiger partial charge in [-0.05, 0) is 41.9 Å². The molecule has 0 aliphatic heterocycles. The highest BCUT2D eigenvalue weighted by Crippen LogP contribution is 2.33. The molecule has 0 saturated heterocycles. The molecule has 19 heavy (non-hydrogen) atoms. The van der Waals surface area contributed by atoms with Crippen molar-refractivity contribution in [3.63, 3.8) is 0 Å². The molecule has 0 aliphatic carbocycles. The number of aliphatic hydroxyl groups is 1. The van der Waals surface area contributed by atoms with Crippen molar-refractivity contribution in [2.75, 3.05) is 13.2 Å². The zero-order valence-electron chi connectivity index (χ0n) is 12.7. The monoisotopic (exact) mass is 264 g/mol. The number of benzene rings is 1. The summed E-state index contributed by atoms with van der Waals surface area (Å²) in [7, 11) is 0. The molecule has 2 heteroatoms. The molecule has 0 fully saturated rings. The molecule has 0 aromatic heterocycles. The van der Waals surface area contributed by atoms with E-state index in [9.17, 15) is 0 Å². The zero-order valence-corrected chi connectivity index (χ0v) is 12.7. The van der Waals surface area contributed by atoms with E-state index in [0.29, 0.717) is 24.4 Å². The molecule has 0 bridgehead atoms. The molecule has 0 spiro atoms. The van der Waals surface area contributed by atoms with Gasteiger partial charge >= 0.3 is 0 Å². The van der Waals surface area contributed by atoms with Gasteiger partial charge in [0.2, 0.25) is 0 Å². The SMILES string of the molecule is CCC(C)C(CC(C)C)c1ccc(OCCO)cc1. The average Bonchev–Trinajstić information content (AvgIpc) is 2.42. The second-order valence-corrected chi connectivity index (χ2v) is 5.76. The summed E-state index contributed by atoms with van der Waals surface area (Å²) in [5.74, 6) is 2.87. The van der Waals surface area contributed by atoms with Crippen LogP contribution in [0.3, 0.4) is 0 Å². The van der Waals surface area contributed by atoms with E-state index in [1.807, 2.05) is 12.1 Å². The van der Waals surface area contributed by atoms with E-state index in [-0.39, 0.29) is 6.61 Å². The molecule has 1 aromatic rings. The number of hydrogen-bond acceptors (Lipinski definition) is 2. The van der Waals surface area contributed by atoms with Gasteiger partial charge in [0.05, 0.1) is 6.61 Å². The van der Waals surface area contributed by atoms with Gasteiger partial charge in [-0.15, -0.1) is 0 Å². The molecular formula is C17H28O2. The molecule has 0 saturated carbocycles. The van der Waals surface area contributed by atoms with Gasteiger partial charge in [-0.1, -0.05) is 46.2 Å². The van der Waals surface area contributed by atoms with Gasteiger partial charge in [0.25, 0.3) is 0 Å². The van der Waals surface area contributed by atoms with E-state index in [0.717, 1.165) is 5.75 Å². The first-order valence-corrected chi connectivity index (χ1v) is 7.42. The Kier molecular flexibility index (Phi) is 6.93. The van der Waals surface area contributed by atoms with Crippen LogP contribution in [0.2, 0.25) is 0 Å². The van der Waals surface area contributed by atoms with Crippen molar-refractivity contribution in [3.8, 4) is 5.75 Å². The lowest BCUT2D eigenvalue weighted by atomic mass is 9.80. The molecular weight excluding hydrogens is 236 g/mol. The Labute approximate surface area is 117 Å². The van der Waals surface area contributed by atoms with Crippen LogP contribution >= 0.6 is 0 Å². The second-order valence-electron chi connectivity index (χ2n) is 5.76. The Morgan fingerprint density at radius 1 is 1.11 bits per heavy atom. The van der Waals surface area contributed by atoms with Crippen molar-refractivity contribution in [2.45, 2.75) is 46.5 Å². The smallest absolute Gasteiger partial charge is 0.119 e. The summed E-state index contributed by atoms with van der Waals surface area (Å²) in [5, 5.41) is 8.75. The molecule has 0 aliphatic rings. The quantitative estimate of drug-likeness (QED) is 0.761. The average molecular weight is 264 g/mol. The molecule has 2 atom stereocenters. The van der Waals surface area contributed by atoms with Crippen LogP contribution in [0.25, 0.3) is 0 Å². The number of rotatable bonds is 8. The van der Waals surface area contributed by atoms with Crippen LogP contribution in [0.15, 0.2) is 24.3 Å². The summed E-state index contributed by atoms with van der Waals surface area (Å²) >= 11 is 0. The normalized spacial score (nSPS) is 14.4. The van der Waals surface area contributed by atoms with Crippen molar-refractivity contribution in [1.29, 1.82) is 0 Å². The van der Waals surface area contributed by atoms with Crippen LogP contribution in [0, 0.1) is 11.8 Å². The minimum Gasteiger partial charge on any atom is -0.491 e. The topological polar surface area (TPSA) is 29.5 Å².